The molecule has 5 rings (SSSR count). The van der Waals surface area contributed by atoms with Crippen molar-refractivity contribution in [1.82, 2.24) is 5.01 Å². The molecule has 1 amide bonds. The van der Waals surface area contributed by atoms with E-state index in [-0.39, 0.29) is 12.7 Å². The summed E-state index contributed by atoms with van der Waals surface area (Å²) in [5.41, 5.74) is 2.16. The van der Waals surface area contributed by atoms with Crippen LogP contribution in [0.5, 0.6) is 0 Å². The van der Waals surface area contributed by atoms with E-state index in [0.717, 1.165) is 17.0 Å². The quantitative estimate of drug-likeness (QED) is 0.626. The number of anilines is 1. The third-order valence-electron chi connectivity index (χ3n) is 4.84. The molecule has 2 aliphatic rings. The first-order valence-electron chi connectivity index (χ1n) is 8.59. The first kappa shape index (κ1) is 16.4. The molecule has 27 heavy (non-hydrogen) atoms. The van der Waals surface area contributed by atoms with Gasteiger partial charge in [0.05, 0.1) is 27.9 Å². The van der Waals surface area contributed by atoms with Crippen LogP contribution in [0.1, 0.15) is 32.6 Å². The predicted octanol–water partition coefficient (Wildman–Crippen LogP) is 4.15. The number of para-hydroxylation sites is 1. The number of fused-ring (bicyclic) bond motifs is 1. The van der Waals surface area contributed by atoms with Gasteiger partial charge in [0.1, 0.15) is 6.67 Å². The summed E-state index contributed by atoms with van der Waals surface area (Å²) in [5.74, 6) is -0.930. The predicted molar refractivity (Wildman–Crippen MR) is 107 cm³/mol. The van der Waals surface area contributed by atoms with Crippen molar-refractivity contribution in [2.75, 3.05) is 11.6 Å². The molecular formula is C20H15N3O2S2. The van der Waals surface area contributed by atoms with E-state index < -0.39 is 11.7 Å². The number of rotatable bonds is 4. The number of carbonyl (C=O) groups excluding carboxylic acids is 2. The van der Waals surface area contributed by atoms with Crippen molar-refractivity contribution in [3.8, 4) is 0 Å². The highest BCUT2D eigenvalue weighted by Gasteiger charge is 2.39. The van der Waals surface area contributed by atoms with Crippen LogP contribution in [0.25, 0.3) is 0 Å². The molecule has 4 heterocycles. The second kappa shape index (κ2) is 6.44. The topological polar surface area (TPSA) is 53.0 Å². The van der Waals surface area contributed by atoms with E-state index in [1.165, 1.54) is 4.88 Å². The van der Waals surface area contributed by atoms with Crippen molar-refractivity contribution in [2.45, 2.75) is 12.5 Å². The summed E-state index contributed by atoms with van der Waals surface area (Å²) >= 11 is 3.35. The molecule has 134 valence electrons. The Bertz CT molecular complexity index is 1040. The molecule has 5 nitrogen and oxygen atoms in total. The summed E-state index contributed by atoms with van der Waals surface area (Å²) in [6.45, 7) is 0.263. The maximum Gasteiger partial charge on any atom is 0.301 e. The number of carbonyl (C=O) groups is 2. The van der Waals surface area contributed by atoms with Gasteiger partial charge in [-0.05, 0) is 35.0 Å². The Morgan fingerprint density at radius 2 is 1.81 bits per heavy atom. The molecule has 0 bridgehead atoms. The van der Waals surface area contributed by atoms with Gasteiger partial charge >= 0.3 is 5.91 Å². The summed E-state index contributed by atoms with van der Waals surface area (Å²) in [5, 5.41) is 10.9. The minimum Gasteiger partial charge on any atom is -0.285 e. The lowest BCUT2D eigenvalue weighted by molar-refractivity contribution is -0.114. The molecule has 0 unspecified atom stereocenters. The lowest BCUT2D eigenvalue weighted by atomic mass is 10.1. The molecule has 2 aliphatic heterocycles. The van der Waals surface area contributed by atoms with Gasteiger partial charge in [-0.2, -0.15) is 5.10 Å². The Kier molecular flexibility index (Phi) is 3.91. The number of ketones is 1. The lowest BCUT2D eigenvalue weighted by Crippen LogP contribution is -2.38. The van der Waals surface area contributed by atoms with Crippen LogP contribution >= 0.6 is 22.7 Å². The zero-order valence-electron chi connectivity index (χ0n) is 14.2. The third-order valence-corrected chi connectivity index (χ3v) is 6.73. The van der Waals surface area contributed by atoms with Crippen LogP contribution in [0.2, 0.25) is 0 Å². The fourth-order valence-corrected chi connectivity index (χ4v) is 5.09. The van der Waals surface area contributed by atoms with Crippen LogP contribution in [-0.4, -0.2) is 29.1 Å². The van der Waals surface area contributed by atoms with Crippen LogP contribution in [0.4, 0.5) is 5.69 Å². The lowest BCUT2D eigenvalue weighted by Gasteiger charge is -2.27. The van der Waals surface area contributed by atoms with Gasteiger partial charge in [0.15, 0.2) is 0 Å². The summed E-state index contributed by atoms with van der Waals surface area (Å²) in [6, 6.07) is 15.4. The van der Waals surface area contributed by atoms with Crippen molar-refractivity contribution in [3.05, 3.63) is 74.6 Å². The largest absolute Gasteiger partial charge is 0.301 e. The second-order valence-corrected chi connectivity index (χ2v) is 8.35. The number of hydrogen-bond acceptors (Lipinski definition) is 6. The molecule has 0 saturated carbocycles. The van der Waals surface area contributed by atoms with Crippen molar-refractivity contribution in [2.24, 2.45) is 5.10 Å². The number of amides is 1. The molecule has 0 radical (unpaired) electrons. The van der Waals surface area contributed by atoms with Crippen LogP contribution in [0, 0.1) is 0 Å². The fourth-order valence-electron chi connectivity index (χ4n) is 3.54. The standard InChI is InChI=1S/C20H15N3O2S2/c24-19-13-5-1-2-6-15(13)22(20(19)25)12-23-16(18-8-4-10-27-18)11-14(21-23)17-7-3-9-26-17/h1-10,16H,11-12H2/t16-/m1/s1. The first-order valence-corrected chi connectivity index (χ1v) is 10.3. The van der Waals surface area contributed by atoms with E-state index in [9.17, 15) is 9.59 Å². The van der Waals surface area contributed by atoms with Crippen molar-refractivity contribution >= 4 is 45.8 Å². The minimum absolute atomic E-state index is 0.0674. The highest BCUT2D eigenvalue weighted by atomic mass is 32.1. The van der Waals surface area contributed by atoms with Gasteiger partial charge in [0, 0.05) is 11.3 Å². The van der Waals surface area contributed by atoms with Gasteiger partial charge in [0.2, 0.25) is 0 Å². The number of Topliss-reactive ketones (excluding diaryl/α,β-unsaturated/α-hetero) is 1. The number of thiophene rings is 2. The maximum atomic E-state index is 12.6. The molecule has 3 aromatic rings. The van der Waals surface area contributed by atoms with Gasteiger partial charge in [-0.25, -0.2) is 0 Å². The van der Waals surface area contributed by atoms with Crippen LogP contribution < -0.4 is 4.90 Å². The summed E-state index contributed by atoms with van der Waals surface area (Å²) in [6.07, 6.45) is 0.790. The van der Waals surface area contributed by atoms with Crippen LogP contribution in [-0.2, 0) is 4.79 Å². The Morgan fingerprint density at radius 1 is 1.00 bits per heavy atom. The number of nitrogens with zero attached hydrogens (tertiary/aromatic N) is 3. The molecule has 1 aromatic carbocycles. The van der Waals surface area contributed by atoms with E-state index in [1.54, 1.807) is 39.7 Å². The Hall–Kier alpha value is -2.77. The highest BCUT2D eigenvalue weighted by Crippen LogP contribution is 2.37. The van der Waals surface area contributed by atoms with Crippen LogP contribution in [0.3, 0.4) is 0 Å². The maximum absolute atomic E-state index is 12.6. The van der Waals surface area contributed by atoms with Crippen molar-refractivity contribution in [1.29, 1.82) is 0 Å². The second-order valence-electron chi connectivity index (χ2n) is 6.42. The Balaban J connectivity index is 1.50. The molecule has 0 N–H and O–H groups in total. The van der Waals surface area contributed by atoms with Gasteiger partial charge in [0.25, 0.3) is 5.78 Å². The zero-order valence-corrected chi connectivity index (χ0v) is 15.9. The highest BCUT2D eigenvalue weighted by molar-refractivity contribution is 7.12. The molecule has 7 heteroatoms. The number of benzene rings is 1. The van der Waals surface area contributed by atoms with Gasteiger partial charge in [-0.3, -0.25) is 19.5 Å². The third kappa shape index (κ3) is 2.70. The van der Waals surface area contributed by atoms with E-state index in [1.807, 2.05) is 34.7 Å². The number of hydrazone groups is 1. The molecule has 0 fully saturated rings. The first-order chi connectivity index (χ1) is 13.2. The van der Waals surface area contributed by atoms with Gasteiger partial charge < -0.3 is 0 Å². The average molecular weight is 393 g/mol. The van der Waals surface area contributed by atoms with E-state index in [4.69, 9.17) is 5.10 Å². The summed E-state index contributed by atoms with van der Waals surface area (Å²) in [7, 11) is 0. The van der Waals surface area contributed by atoms with Crippen LogP contribution in [0.15, 0.2) is 64.4 Å². The SMILES string of the molecule is O=C1C(=O)N(CN2N=C(c3cccs3)C[C@@H]2c2cccs2)c2ccccc21. The molecule has 0 aliphatic carbocycles. The Morgan fingerprint density at radius 3 is 2.59 bits per heavy atom. The smallest absolute Gasteiger partial charge is 0.285 e. The van der Waals surface area contributed by atoms with E-state index in [2.05, 4.69) is 17.5 Å². The normalized spacial score (nSPS) is 19.0. The molecule has 0 saturated heterocycles. The van der Waals surface area contributed by atoms with Crippen molar-refractivity contribution in [3.63, 3.8) is 0 Å². The molecule has 2 aromatic heterocycles. The Labute approximate surface area is 164 Å². The van der Waals surface area contributed by atoms with Gasteiger partial charge in [-0.15, -0.1) is 22.7 Å². The van der Waals surface area contributed by atoms with Gasteiger partial charge in [-0.1, -0.05) is 24.3 Å². The monoisotopic (exact) mass is 393 g/mol. The molecule has 1 atom stereocenters. The zero-order chi connectivity index (χ0) is 18.4. The molecular weight excluding hydrogens is 378 g/mol. The van der Waals surface area contributed by atoms with E-state index >= 15 is 0 Å². The summed E-state index contributed by atoms with van der Waals surface area (Å²) in [4.78, 5) is 28.7. The average Bonchev–Trinajstić information content (AvgIpc) is 3.47. The number of hydrogen-bond donors (Lipinski definition) is 0. The minimum atomic E-state index is -0.485. The van der Waals surface area contributed by atoms with Crippen molar-refractivity contribution < 1.29 is 9.59 Å². The molecule has 0 spiro atoms. The summed E-state index contributed by atoms with van der Waals surface area (Å²) < 4.78 is 0. The van der Waals surface area contributed by atoms with E-state index in [0.29, 0.717) is 11.3 Å². The fraction of sp³-hybridized carbons (Fsp3) is 0.150.